The molecule has 40 heavy (non-hydrogen) atoms. The number of benzene rings is 1. The SMILES string of the molecule is Cc1nc(C)c([C@H](OC(C)(C)C)C(=O)OC(C)C)c(N2CCC3(CCCC3)CC2)c1-c1ccc2c(c1)CCNC2. The summed E-state index contributed by atoms with van der Waals surface area (Å²) in [6, 6.07) is 6.86. The highest BCUT2D eigenvalue weighted by Crippen LogP contribution is 2.50. The second-order valence-corrected chi connectivity index (χ2v) is 13.6. The number of fused-ring (bicyclic) bond motifs is 1. The third-order valence-electron chi connectivity index (χ3n) is 9.06. The number of carbonyl (C=O) groups excluding carboxylic acids is 1. The zero-order valence-electron chi connectivity index (χ0n) is 25.8. The number of piperidine rings is 1. The number of carbonyl (C=O) groups is 1. The molecule has 3 aliphatic rings. The molecule has 6 nitrogen and oxygen atoms in total. The number of ether oxygens (including phenoxy) is 2. The fourth-order valence-corrected chi connectivity index (χ4v) is 7.17. The number of nitrogens with one attached hydrogen (secondary N) is 1. The molecule has 0 radical (unpaired) electrons. The van der Waals surface area contributed by atoms with Gasteiger partial charge in [0.1, 0.15) is 0 Å². The van der Waals surface area contributed by atoms with Crippen LogP contribution < -0.4 is 10.2 Å². The number of anilines is 1. The molecule has 1 spiro atoms. The van der Waals surface area contributed by atoms with E-state index < -0.39 is 11.7 Å². The van der Waals surface area contributed by atoms with Gasteiger partial charge in [-0.1, -0.05) is 31.0 Å². The molecule has 1 aromatic heterocycles. The molecule has 218 valence electrons. The van der Waals surface area contributed by atoms with Crippen molar-refractivity contribution < 1.29 is 14.3 Å². The third-order valence-corrected chi connectivity index (χ3v) is 9.06. The standard InChI is InChI=1S/C34H49N3O3/c1-22(2)39-32(38)31(40-33(5,6)7)29-24(4)36-23(3)28(26-10-11-27-21-35-17-12-25(27)20-26)30(29)37-18-15-34(16-19-37)13-8-9-14-34/h10-11,20,22,31,35H,8-9,12-19,21H2,1-7H3/t31-/m0/s1. The molecule has 2 fully saturated rings. The van der Waals surface area contributed by atoms with Gasteiger partial charge in [0.05, 0.1) is 17.4 Å². The average Bonchev–Trinajstić information content (AvgIpc) is 3.34. The van der Waals surface area contributed by atoms with Gasteiger partial charge in [0.25, 0.3) is 0 Å². The molecule has 1 saturated carbocycles. The number of aryl methyl sites for hydroxylation is 2. The maximum atomic E-state index is 13.7. The van der Waals surface area contributed by atoms with Gasteiger partial charge in [-0.2, -0.15) is 0 Å². The van der Waals surface area contributed by atoms with Crippen molar-refractivity contribution in [3.05, 3.63) is 46.3 Å². The highest BCUT2D eigenvalue weighted by molar-refractivity contribution is 5.88. The first-order valence-electron chi connectivity index (χ1n) is 15.4. The lowest BCUT2D eigenvalue weighted by Crippen LogP contribution is -2.41. The van der Waals surface area contributed by atoms with Crippen LogP contribution in [0.4, 0.5) is 5.69 Å². The van der Waals surface area contributed by atoms with Crippen LogP contribution in [0.1, 0.15) is 107 Å². The van der Waals surface area contributed by atoms with Gasteiger partial charge in [0.2, 0.25) is 0 Å². The molecule has 2 aromatic rings. The Bertz CT molecular complexity index is 1230. The van der Waals surface area contributed by atoms with Gasteiger partial charge >= 0.3 is 5.97 Å². The molecule has 1 saturated heterocycles. The number of pyridine rings is 1. The first kappa shape index (κ1) is 29.1. The lowest BCUT2D eigenvalue weighted by molar-refractivity contribution is -0.171. The molecule has 1 N–H and O–H groups in total. The summed E-state index contributed by atoms with van der Waals surface area (Å²) < 4.78 is 12.4. The Morgan fingerprint density at radius 1 is 1.02 bits per heavy atom. The Balaban J connectivity index is 1.68. The largest absolute Gasteiger partial charge is 0.461 e. The van der Waals surface area contributed by atoms with Crippen LogP contribution in [0.2, 0.25) is 0 Å². The maximum absolute atomic E-state index is 13.7. The first-order valence-corrected chi connectivity index (χ1v) is 15.4. The van der Waals surface area contributed by atoms with Crippen molar-refractivity contribution in [2.45, 2.75) is 118 Å². The van der Waals surface area contributed by atoms with Crippen molar-refractivity contribution >= 4 is 11.7 Å². The predicted molar refractivity (Wildman–Crippen MR) is 162 cm³/mol. The lowest BCUT2D eigenvalue weighted by atomic mass is 9.76. The fraction of sp³-hybridized carbons (Fsp3) is 0.647. The van der Waals surface area contributed by atoms with E-state index >= 15 is 0 Å². The van der Waals surface area contributed by atoms with Gasteiger partial charge in [0.15, 0.2) is 6.10 Å². The Kier molecular flexibility index (Phi) is 8.32. The summed E-state index contributed by atoms with van der Waals surface area (Å²) in [7, 11) is 0. The normalized spacial score (nSPS) is 19.6. The van der Waals surface area contributed by atoms with E-state index in [2.05, 4.69) is 35.3 Å². The van der Waals surface area contributed by atoms with Crippen molar-refractivity contribution in [1.29, 1.82) is 0 Å². The summed E-state index contributed by atoms with van der Waals surface area (Å²) in [6.07, 6.45) is 7.75. The van der Waals surface area contributed by atoms with Gasteiger partial charge in [0, 0.05) is 42.1 Å². The molecule has 1 atom stereocenters. The molecule has 3 heterocycles. The van der Waals surface area contributed by atoms with Crippen LogP contribution in [0.5, 0.6) is 0 Å². The van der Waals surface area contributed by atoms with E-state index in [9.17, 15) is 4.79 Å². The zero-order valence-corrected chi connectivity index (χ0v) is 25.8. The van der Waals surface area contributed by atoms with Gasteiger partial charge in [-0.15, -0.1) is 0 Å². The molecular weight excluding hydrogens is 498 g/mol. The minimum absolute atomic E-state index is 0.230. The topological polar surface area (TPSA) is 63.7 Å². The Hall–Kier alpha value is -2.44. The Labute approximate surface area is 241 Å². The summed E-state index contributed by atoms with van der Waals surface area (Å²) in [6.45, 7) is 17.8. The van der Waals surface area contributed by atoms with Crippen molar-refractivity contribution in [2.75, 3.05) is 24.5 Å². The average molecular weight is 548 g/mol. The lowest BCUT2D eigenvalue weighted by Gasteiger charge is -2.43. The second kappa shape index (κ2) is 11.4. The molecule has 1 aliphatic carbocycles. The van der Waals surface area contributed by atoms with Crippen LogP contribution in [0, 0.1) is 19.3 Å². The van der Waals surface area contributed by atoms with E-state index in [1.54, 1.807) is 0 Å². The van der Waals surface area contributed by atoms with E-state index in [4.69, 9.17) is 14.5 Å². The van der Waals surface area contributed by atoms with Crippen LogP contribution in [0.25, 0.3) is 11.1 Å². The molecule has 0 amide bonds. The monoisotopic (exact) mass is 547 g/mol. The molecule has 0 unspecified atom stereocenters. The van der Waals surface area contributed by atoms with Gasteiger partial charge < -0.3 is 19.7 Å². The van der Waals surface area contributed by atoms with E-state index in [1.807, 2.05) is 41.5 Å². The number of hydrogen-bond donors (Lipinski definition) is 1. The Morgan fingerprint density at radius 2 is 1.73 bits per heavy atom. The zero-order chi connectivity index (χ0) is 28.7. The summed E-state index contributed by atoms with van der Waals surface area (Å²) in [5.41, 5.74) is 8.84. The third kappa shape index (κ3) is 6.08. The number of hydrogen-bond acceptors (Lipinski definition) is 6. The minimum atomic E-state index is -0.853. The van der Waals surface area contributed by atoms with Gasteiger partial charge in [-0.25, -0.2) is 4.79 Å². The molecule has 5 rings (SSSR count). The number of aromatic nitrogens is 1. The van der Waals surface area contributed by atoms with Crippen molar-refractivity contribution in [2.24, 2.45) is 5.41 Å². The quantitative estimate of drug-likeness (QED) is 0.394. The summed E-state index contributed by atoms with van der Waals surface area (Å²) in [5.74, 6) is -0.341. The van der Waals surface area contributed by atoms with Crippen LogP contribution in [-0.4, -0.2) is 42.3 Å². The van der Waals surface area contributed by atoms with E-state index in [-0.39, 0.29) is 12.1 Å². The molecule has 0 bridgehead atoms. The first-order chi connectivity index (χ1) is 19.0. The van der Waals surface area contributed by atoms with E-state index in [0.717, 1.165) is 60.8 Å². The fourth-order valence-electron chi connectivity index (χ4n) is 7.17. The molecule has 6 heteroatoms. The summed E-state index contributed by atoms with van der Waals surface area (Å²) in [5, 5.41) is 3.49. The number of esters is 1. The highest BCUT2D eigenvalue weighted by Gasteiger charge is 2.41. The molecule has 2 aliphatic heterocycles. The summed E-state index contributed by atoms with van der Waals surface area (Å²) >= 11 is 0. The predicted octanol–water partition coefficient (Wildman–Crippen LogP) is 6.98. The highest BCUT2D eigenvalue weighted by atomic mass is 16.6. The van der Waals surface area contributed by atoms with Crippen LogP contribution >= 0.6 is 0 Å². The summed E-state index contributed by atoms with van der Waals surface area (Å²) in [4.78, 5) is 21.4. The maximum Gasteiger partial charge on any atom is 0.340 e. The van der Waals surface area contributed by atoms with Crippen molar-refractivity contribution in [1.82, 2.24) is 10.3 Å². The molecule has 1 aromatic carbocycles. The van der Waals surface area contributed by atoms with E-state index in [1.165, 1.54) is 55.2 Å². The van der Waals surface area contributed by atoms with Gasteiger partial charge in [-0.05, 0) is 109 Å². The van der Waals surface area contributed by atoms with Crippen LogP contribution in [-0.2, 0) is 27.2 Å². The van der Waals surface area contributed by atoms with E-state index in [0.29, 0.717) is 5.41 Å². The number of nitrogens with zero attached hydrogens (tertiary/aromatic N) is 2. The van der Waals surface area contributed by atoms with Gasteiger partial charge in [-0.3, -0.25) is 4.98 Å². The van der Waals surface area contributed by atoms with Crippen molar-refractivity contribution in [3.8, 4) is 11.1 Å². The number of rotatable bonds is 6. The Morgan fingerprint density at radius 3 is 2.38 bits per heavy atom. The minimum Gasteiger partial charge on any atom is -0.461 e. The van der Waals surface area contributed by atoms with Crippen LogP contribution in [0.15, 0.2) is 18.2 Å². The molecular formula is C34H49N3O3. The smallest absolute Gasteiger partial charge is 0.340 e. The second-order valence-electron chi connectivity index (χ2n) is 13.6. The van der Waals surface area contributed by atoms with Crippen LogP contribution in [0.3, 0.4) is 0 Å². The van der Waals surface area contributed by atoms with Crippen molar-refractivity contribution in [3.63, 3.8) is 0 Å².